The van der Waals surface area contributed by atoms with Gasteiger partial charge in [-0.15, -0.1) is 0 Å². The van der Waals surface area contributed by atoms with Crippen molar-refractivity contribution in [2.75, 3.05) is 0 Å². The molecule has 0 unspecified atom stereocenters. The third-order valence-electron chi connectivity index (χ3n) is 4.88. The van der Waals surface area contributed by atoms with Crippen LogP contribution in [0.3, 0.4) is 0 Å². The van der Waals surface area contributed by atoms with E-state index in [1.807, 2.05) is 0 Å². The summed E-state index contributed by atoms with van der Waals surface area (Å²) in [6, 6.07) is 12.9. The number of nitrogens with zero attached hydrogens (tertiary/aromatic N) is 1. The van der Waals surface area contributed by atoms with Crippen molar-refractivity contribution in [2.24, 2.45) is 0 Å². The maximum absolute atomic E-state index is 13.0. The predicted molar refractivity (Wildman–Crippen MR) is 121 cm³/mol. The molecule has 3 rings (SSSR count). The van der Waals surface area contributed by atoms with Gasteiger partial charge in [0.15, 0.2) is 5.78 Å². The Balaban J connectivity index is 1.60. The number of hydrogen-bond donors (Lipinski definition) is 1. The molecule has 0 bridgehead atoms. The minimum atomic E-state index is -4.60. The molecule has 1 heterocycles. The molecule has 0 saturated carbocycles. The van der Waals surface area contributed by atoms with Gasteiger partial charge < -0.3 is 9.84 Å². The molecule has 0 spiro atoms. The van der Waals surface area contributed by atoms with Crippen molar-refractivity contribution >= 4 is 29.1 Å². The predicted octanol–water partition coefficient (Wildman–Crippen LogP) is 5.95. The Morgan fingerprint density at radius 1 is 0.886 bits per heavy atom. The summed E-state index contributed by atoms with van der Waals surface area (Å²) in [5, 5.41) is 8.27. The van der Waals surface area contributed by atoms with Crippen LogP contribution in [-0.2, 0) is 28.6 Å². The first-order valence-corrected chi connectivity index (χ1v) is 10.7. The molecule has 3 aromatic rings. The zero-order valence-corrected chi connectivity index (χ0v) is 18.9. The van der Waals surface area contributed by atoms with Gasteiger partial charge in [0.1, 0.15) is 23.0 Å². The van der Waals surface area contributed by atoms with Crippen molar-refractivity contribution in [3.8, 4) is 11.5 Å². The zero-order chi connectivity index (χ0) is 25.6. The number of carbonyl (C=O) groups excluding carboxylic acids is 2. The van der Waals surface area contributed by atoms with Crippen molar-refractivity contribution < 1.29 is 37.4 Å². The standard InChI is InChI=1S/C25H19ClF3NO5/c26-21-6-3-16(13-20(21)25(27,28)29)12-17(31)11-15-1-4-18(5-2-15)35-19-9-10-30-22(14-19)23(32)7-8-24(33)34/h1-6,9-10,13-14H,7-8,11-12H2,(H,33,34). The van der Waals surface area contributed by atoms with Crippen molar-refractivity contribution in [1.82, 2.24) is 4.98 Å². The van der Waals surface area contributed by atoms with Gasteiger partial charge in [-0.3, -0.25) is 19.4 Å². The van der Waals surface area contributed by atoms with Crippen LogP contribution in [0.15, 0.2) is 60.8 Å². The van der Waals surface area contributed by atoms with Gasteiger partial charge in [-0.2, -0.15) is 13.2 Å². The Hall–Kier alpha value is -3.72. The van der Waals surface area contributed by atoms with E-state index in [0.29, 0.717) is 17.1 Å². The van der Waals surface area contributed by atoms with Gasteiger partial charge in [0.2, 0.25) is 0 Å². The van der Waals surface area contributed by atoms with E-state index in [1.54, 1.807) is 24.3 Å². The number of aromatic nitrogens is 1. The highest BCUT2D eigenvalue weighted by atomic mass is 35.5. The SMILES string of the molecule is O=C(O)CCC(=O)c1cc(Oc2ccc(CC(=O)Cc3ccc(Cl)c(C(F)(F)F)c3)cc2)ccn1. The van der Waals surface area contributed by atoms with Crippen LogP contribution in [0.1, 0.15) is 40.0 Å². The first kappa shape index (κ1) is 25.9. The third kappa shape index (κ3) is 7.65. The highest BCUT2D eigenvalue weighted by Crippen LogP contribution is 2.35. The number of aliphatic carboxylic acids is 1. The fourth-order valence-corrected chi connectivity index (χ4v) is 3.43. The Morgan fingerprint density at radius 3 is 2.20 bits per heavy atom. The lowest BCUT2D eigenvalue weighted by Gasteiger charge is -2.11. The van der Waals surface area contributed by atoms with E-state index in [9.17, 15) is 27.6 Å². The van der Waals surface area contributed by atoms with Gasteiger partial charge in [-0.1, -0.05) is 29.8 Å². The lowest BCUT2D eigenvalue weighted by atomic mass is 10.0. The number of carboxylic acids is 1. The molecule has 0 amide bonds. The van der Waals surface area contributed by atoms with Gasteiger partial charge in [-0.05, 0) is 41.5 Å². The quantitative estimate of drug-likeness (QED) is 0.342. The zero-order valence-electron chi connectivity index (χ0n) is 18.1. The maximum Gasteiger partial charge on any atom is 0.417 e. The maximum atomic E-state index is 13.0. The molecule has 1 N–H and O–H groups in total. The molecule has 10 heteroatoms. The summed E-state index contributed by atoms with van der Waals surface area (Å²) in [7, 11) is 0. The van der Waals surface area contributed by atoms with E-state index in [1.165, 1.54) is 24.4 Å². The van der Waals surface area contributed by atoms with Crippen LogP contribution in [0.5, 0.6) is 11.5 Å². The number of ketones is 2. The van der Waals surface area contributed by atoms with E-state index in [4.69, 9.17) is 21.4 Å². The monoisotopic (exact) mass is 505 g/mol. The van der Waals surface area contributed by atoms with Gasteiger partial charge in [-0.25, -0.2) is 0 Å². The fraction of sp³-hybridized carbons (Fsp3) is 0.200. The van der Waals surface area contributed by atoms with Gasteiger partial charge in [0.05, 0.1) is 17.0 Å². The van der Waals surface area contributed by atoms with Gasteiger partial charge >= 0.3 is 12.1 Å². The summed E-state index contributed by atoms with van der Waals surface area (Å²) in [6.07, 6.45) is -3.87. The smallest absolute Gasteiger partial charge is 0.417 e. The normalized spacial score (nSPS) is 11.2. The number of ether oxygens (including phenoxy) is 1. The molecule has 0 aliphatic carbocycles. The minimum Gasteiger partial charge on any atom is -0.481 e. The Bertz CT molecular complexity index is 1240. The second kappa shape index (κ2) is 11.1. The van der Waals surface area contributed by atoms with Crippen LogP contribution in [0.2, 0.25) is 5.02 Å². The van der Waals surface area contributed by atoms with Crippen LogP contribution in [-0.4, -0.2) is 27.6 Å². The summed E-state index contributed by atoms with van der Waals surface area (Å²) in [5.41, 5.74) is -0.0274. The molecule has 1 aromatic heterocycles. The summed E-state index contributed by atoms with van der Waals surface area (Å²) >= 11 is 5.61. The highest BCUT2D eigenvalue weighted by molar-refractivity contribution is 6.31. The topological polar surface area (TPSA) is 93.6 Å². The molecular formula is C25H19ClF3NO5. The number of Topliss-reactive ketones (excluding diaryl/α,β-unsaturated/α-hetero) is 2. The van der Waals surface area contributed by atoms with Crippen LogP contribution >= 0.6 is 11.6 Å². The number of alkyl halides is 3. The lowest BCUT2D eigenvalue weighted by Crippen LogP contribution is -2.10. The molecule has 35 heavy (non-hydrogen) atoms. The molecule has 0 aliphatic rings. The van der Waals surface area contributed by atoms with Crippen LogP contribution in [0.25, 0.3) is 0 Å². The van der Waals surface area contributed by atoms with E-state index < -0.39 is 28.5 Å². The molecular weight excluding hydrogens is 487 g/mol. The lowest BCUT2D eigenvalue weighted by molar-refractivity contribution is -0.138. The molecule has 6 nitrogen and oxygen atoms in total. The average molecular weight is 506 g/mol. The number of halogens is 4. The second-order valence-electron chi connectivity index (χ2n) is 7.64. The number of hydrogen-bond acceptors (Lipinski definition) is 5. The molecule has 0 fully saturated rings. The molecule has 0 atom stereocenters. The van der Waals surface area contributed by atoms with Crippen molar-refractivity contribution in [3.63, 3.8) is 0 Å². The summed E-state index contributed by atoms with van der Waals surface area (Å²) < 4.78 is 44.7. The van der Waals surface area contributed by atoms with E-state index in [0.717, 1.165) is 12.1 Å². The van der Waals surface area contributed by atoms with Gasteiger partial charge in [0.25, 0.3) is 0 Å². The van der Waals surface area contributed by atoms with E-state index >= 15 is 0 Å². The molecule has 2 aromatic carbocycles. The van der Waals surface area contributed by atoms with Crippen LogP contribution in [0, 0.1) is 0 Å². The second-order valence-corrected chi connectivity index (χ2v) is 8.05. The number of carbonyl (C=O) groups is 3. The summed E-state index contributed by atoms with van der Waals surface area (Å²) in [4.78, 5) is 39.0. The minimum absolute atomic E-state index is 0.0156. The number of carboxylic acid groups (broad SMARTS) is 1. The summed E-state index contributed by atoms with van der Waals surface area (Å²) in [6.45, 7) is 0. The highest BCUT2D eigenvalue weighted by Gasteiger charge is 2.33. The van der Waals surface area contributed by atoms with Crippen LogP contribution in [0.4, 0.5) is 13.2 Å². The van der Waals surface area contributed by atoms with Crippen molar-refractivity contribution in [2.45, 2.75) is 31.9 Å². The number of benzene rings is 2. The van der Waals surface area contributed by atoms with Crippen molar-refractivity contribution in [1.29, 1.82) is 0 Å². The molecule has 0 saturated heterocycles. The average Bonchev–Trinajstić information content (AvgIpc) is 2.79. The van der Waals surface area contributed by atoms with Crippen LogP contribution < -0.4 is 4.74 Å². The number of rotatable bonds is 10. The third-order valence-corrected chi connectivity index (χ3v) is 5.21. The Labute approximate surface area is 203 Å². The Kier molecular flexibility index (Phi) is 8.24. The van der Waals surface area contributed by atoms with E-state index in [2.05, 4.69) is 4.98 Å². The Morgan fingerprint density at radius 2 is 1.54 bits per heavy atom. The summed E-state index contributed by atoms with van der Waals surface area (Å²) in [5.74, 6) is -1.03. The fourth-order valence-electron chi connectivity index (χ4n) is 3.20. The molecule has 0 aliphatic heterocycles. The number of pyridine rings is 1. The van der Waals surface area contributed by atoms with Crippen molar-refractivity contribution in [3.05, 3.63) is 88.2 Å². The first-order chi connectivity index (χ1) is 16.5. The first-order valence-electron chi connectivity index (χ1n) is 10.4. The largest absolute Gasteiger partial charge is 0.481 e. The van der Waals surface area contributed by atoms with E-state index in [-0.39, 0.29) is 42.7 Å². The van der Waals surface area contributed by atoms with Gasteiger partial charge in [0, 0.05) is 31.5 Å². The molecule has 0 radical (unpaired) electrons. The molecule has 182 valence electrons.